The topological polar surface area (TPSA) is 26.3 Å². The predicted octanol–water partition coefficient (Wildman–Crippen LogP) is 4.15. The van der Waals surface area contributed by atoms with E-state index in [0.717, 1.165) is 18.9 Å². The van der Waals surface area contributed by atoms with Gasteiger partial charge >= 0.3 is 5.97 Å². The van der Waals surface area contributed by atoms with Crippen LogP contribution < -0.4 is 0 Å². The average Bonchev–Trinajstić information content (AvgIpc) is 2.10. The normalized spacial score (nSPS) is 12.3. The first kappa shape index (κ1) is 14.2. The first-order chi connectivity index (χ1) is 6.07. The van der Waals surface area contributed by atoms with E-state index in [-0.39, 0.29) is 5.97 Å². The quantitative estimate of drug-likeness (QED) is 0.444. The summed E-state index contributed by atoms with van der Waals surface area (Å²) in [5.41, 5.74) is 0. The van der Waals surface area contributed by atoms with Gasteiger partial charge in [-0.2, -0.15) is 0 Å². The Balaban J connectivity index is 3.65. The Bertz CT molecular complexity index is 200. The van der Waals surface area contributed by atoms with Crippen LogP contribution in [0.4, 0.5) is 0 Å². The summed E-state index contributed by atoms with van der Waals surface area (Å²) in [5, 5.41) is 0. The summed E-state index contributed by atoms with van der Waals surface area (Å²) in [6.07, 6.45) is 2.46. The van der Waals surface area contributed by atoms with Gasteiger partial charge in [-0.25, -0.2) is 0 Å². The number of carbonyl (C=O) groups excluding carboxylic acids is 1. The second kappa shape index (κ2) is 8.46. The van der Waals surface area contributed by atoms with Crippen LogP contribution in [-0.2, 0) is 9.53 Å². The average molecular weight is 473 g/mol. The number of esters is 1. The van der Waals surface area contributed by atoms with Crippen molar-refractivity contribution in [1.29, 1.82) is 0 Å². The third kappa shape index (κ3) is 8.17. The number of halogens is 3. The van der Waals surface area contributed by atoms with Gasteiger partial charge in [-0.15, -0.1) is 0 Å². The van der Waals surface area contributed by atoms with Crippen LogP contribution in [0.5, 0.6) is 0 Å². The van der Waals surface area contributed by atoms with Gasteiger partial charge in [0.15, 0.2) is 0 Å². The number of ether oxygens (including phenoxy) is 1. The highest BCUT2D eigenvalue weighted by molar-refractivity contribution is 14.1. The SMILES string of the molecule is CCCCC(=O)OCC(I)=C(Br)I. The van der Waals surface area contributed by atoms with Crippen molar-refractivity contribution >= 4 is 67.1 Å². The highest BCUT2D eigenvalue weighted by Crippen LogP contribution is 2.24. The van der Waals surface area contributed by atoms with Gasteiger partial charge in [-0.3, -0.25) is 4.79 Å². The van der Waals surface area contributed by atoms with E-state index >= 15 is 0 Å². The van der Waals surface area contributed by atoms with Gasteiger partial charge in [0, 0.05) is 10.0 Å². The first-order valence-corrected chi connectivity index (χ1v) is 6.88. The monoisotopic (exact) mass is 472 g/mol. The fourth-order valence-corrected chi connectivity index (χ4v) is 1.02. The molecule has 0 amide bonds. The molecule has 0 N–H and O–H groups in total. The molecule has 0 unspecified atom stereocenters. The molecule has 0 saturated carbocycles. The fourth-order valence-electron chi connectivity index (χ4n) is 0.592. The van der Waals surface area contributed by atoms with Crippen LogP contribution in [0.15, 0.2) is 6.07 Å². The van der Waals surface area contributed by atoms with Gasteiger partial charge < -0.3 is 4.74 Å². The molecule has 0 aromatic rings. The summed E-state index contributed by atoms with van der Waals surface area (Å²) >= 11 is 7.60. The van der Waals surface area contributed by atoms with Crippen LogP contribution in [0.1, 0.15) is 26.2 Å². The molecule has 13 heavy (non-hydrogen) atoms. The molecule has 0 bridgehead atoms. The lowest BCUT2D eigenvalue weighted by atomic mass is 10.2. The minimum Gasteiger partial charge on any atom is -0.460 e. The second-order valence-electron chi connectivity index (χ2n) is 2.43. The fraction of sp³-hybridized carbons (Fsp3) is 0.625. The summed E-state index contributed by atoms with van der Waals surface area (Å²) in [6, 6.07) is 0. The summed E-state index contributed by atoms with van der Waals surface area (Å²) in [5.74, 6) is -0.110. The highest BCUT2D eigenvalue weighted by atomic mass is 127. The zero-order chi connectivity index (χ0) is 10.3. The first-order valence-electron chi connectivity index (χ1n) is 3.93. The molecule has 5 heteroatoms. The number of unbranched alkanes of at least 4 members (excludes halogenated alkanes) is 1. The number of hydrogen-bond acceptors (Lipinski definition) is 2. The summed E-state index contributed by atoms with van der Waals surface area (Å²) in [7, 11) is 0. The molecule has 0 aliphatic carbocycles. The van der Waals surface area contributed by atoms with Gasteiger partial charge in [0.25, 0.3) is 0 Å². The third-order valence-corrected chi connectivity index (χ3v) is 5.05. The smallest absolute Gasteiger partial charge is 0.306 e. The Morgan fingerprint density at radius 3 is 2.54 bits per heavy atom. The second-order valence-corrected chi connectivity index (χ2v) is 7.09. The van der Waals surface area contributed by atoms with Crippen molar-refractivity contribution in [3.8, 4) is 0 Å². The van der Waals surface area contributed by atoms with Crippen LogP contribution in [0.25, 0.3) is 0 Å². The van der Waals surface area contributed by atoms with Crippen LogP contribution in [0, 0.1) is 0 Å². The zero-order valence-corrected chi connectivity index (χ0v) is 13.2. The molecule has 0 radical (unpaired) electrons. The van der Waals surface area contributed by atoms with E-state index in [1.165, 1.54) is 0 Å². The molecule has 0 aromatic heterocycles. The molecule has 0 saturated heterocycles. The summed E-state index contributed by atoms with van der Waals surface area (Å²) in [4.78, 5) is 11.1. The van der Waals surface area contributed by atoms with Gasteiger partial charge in [0.05, 0.1) is 2.49 Å². The van der Waals surface area contributed by atoms with Crippen LogP contribution >= 0.6 is 61.1 Å². The molecule has 76 valence electrons. The van der Waals surface area contributed by atoms with Crippen molar-refractivity contribution in [1.82, 2.24) is 0 Å². The van der Waals surface area contributed by atoms with E-state index in [0.29, 0.717) is 13.0 Å². The van der Waals surface area contributed by atoms with Crippen LogP contribution in [-0.4, -0.2) is 12.6 Å². The molecule has 0 aliphatic heterocycles. The van der Waals surface area contributed by atoms with Crippen molar-refractivity contribution in [3.63, 3.8) is 0 Å². The maximum atomic E-state index is 11.1. The lowest BCUT2D eigenvalue weighted by molar-refractivity contribution is -0.142. The van der Waals surface area contributed by atoms with Crippen LogP contribution in [0.2, 0.25) is 0 Å². The van der Waals surface area contributed by atoms with E-state index < -0.39 is 0 Å². The van der Waals surface area contributed by atoms with Crippen molar-refractivity contribution < 1.29 is 9.53 Å². The van der Waals surface area contributed by atoms with Crippen molar-refractivity contribution in [2.75, 3.05) is 6.61 Å². The zero-order valence-electron chi connectivity index (χ0n) is 7.28. The van der Waals surface area contributed by atoms with Crippen molar-refractivity contribution in [2.45, 2.75) is 26.2 Å². The Labute approximate surface area is 114 Å². The maximum Gasteiger partial charge on any atom is 0.306 e. The molecular formula is C8H11BrI2O2. The van der Waals surface area contributed by atoms with E-state index in [1.54, 1.807) is 0 Å². The van der Waals surface area contributed by atoms with Crippen molar-refractivity contribution in [3.05, 3.63) is 6.07 Å². The lowest BCUT2D eigenvalue weighted by Crippen LogP contribution is -2.05. The van der Waals surface area contributed by atoms with Gasteiger partial charge in [-0.1, -0.05) is 13.3 Å². The molecule has 0 fully saturated rings. The Hall–Kier alpha value is 1.15. The molecule has 0 rings (SSSR count). The number of carbonyl (C=O) groups is 1. The van der Waals surface area contributed by atoms with E-state index in [9.17, 15) is 4.79 Å². The van der Waals surface area contributed by atoms with Crippen molar-refractivity contribution in [2.24, 2.45) is 0 Å². The Kier molecular flexibility index (Phi) is 9.21. The Morgan fingerprint density at radius 1 is 1.46 bits per heavy atom. The standard InChI is InChI=1S/C8H11BrI2O2/c1-2-3-4-7(12)13-5-6(10)8(9)11/h2-5H2,1H3. The predicted molar refractivity (Wildman–Crippen MR) is 74.5 cm³/mol. The van der Waals surface area contributed by atoms with E-state index in [1.807, 2.05) is 0 Å². The Morgan fingerprint density at radius 2 is 2.08 bits per heavy atom. The molecule has 0 heterocycles. The van der Waals surface area contributed by atoms with E-state index in [2.05, 4.69) is 68.0 Å². The largest absolute Gasteiger partial charge is 0.460 e. The minimum absolute atomic E-state index is 0.110. The summed E-state index contributed by atoms with van der Waals surface area (Å²) in [6.45, 7) is 2.44. The molecule has 2 nitrogen and oxygen atoms in total. The van der Waals surface area contributed by atoms with E-state index in [4.69, 9.17) is 4.74 Å². The van der Waals surface area contributed by atoms with Gasteiger partial charge in [0.2, 0.25) is 0 Å². The number of hydrogen-bond donors (Lipinski definition) is 0. The van der Waals surface area contributed by atoms with Gasteiger partial charge in [-0.05, 0) is 67.5 Å². The minimum atomic E-state index is -0.110. The number of rotatable bonds is 5. The molecule has 0 aliphatic rings. The maximum absolute atomic E-state index is 11.1. The highest BCUT2D eigenvalue weighted by Gasteiger charge is 2.04. The van der Waals surface area contributed by atoms with Gasteiger partial charge in [0.1, 0.15) is 6.61 Å². The summed E-state index contributed by atoms with van der Waals surface area (Å²) < 4.78 is 7.04. The molecular weight excluding hydrogens is 462 g/mol. The molecule has 0 aromatic carbocycles. The molecule has 0 spiro atoms. The van der Waals surface area contributed by atoms with Crippen LogP contribution in [0.3, 0.4) is 0 Å². The molecule has 0 atom stereocenters. The third-order valence-electron chi connectivity index (χ3n) is 1.30. The lowest BCUT2D eigenvalue weighted by Gasteiger charge is -2.03.